The molecule has 1 heterocycles. The average Bonchev–Trinajstić information content (AvgIpc) is 3.03. The molecule has 1 aromatic heterocycles. The molecule has 0 spiro atoms. The lowest BCUT2D eigenvalue weighted by molar-refractivity contribution is -0.122. The molecule has 0 aliphatic carbocycles. The fraction of sp³-hybridized carbons (Fsp3) is 0.412. The molecule has 0 fully saturated rings. The Labute approximate surface area is 126 Å². The van der Waals surface area contributed by atoms with E-state index in [-0.39, 0.29) is 11.8 Å². The normalized spacial score (nSPS) is 12.0. The zero-order chi connectivity index (χ0) is 14.9. The number of aryl methyl sites for hydroxylation is 1. The van der Waals surface area contributed by atoms with Crippen LogP contribution in [0.3, 0.4) is 0 Å². The molecule has 1 N–H and O–H groups in total. The number of aromatic nitrogens is 2. The third kappa shape index (κ3) is 4.74. The number of rotatable bonds is 8. The molecule has 2 aromatic rings. The van der Waals surface area contributed by atoms with Gasteiger partial charge in [-0.25, -0.2) is 4.98 Å². The summed E-state index contributed by atoms with van der Waals surface area (Å²) < 4.78 is 2.02. The molecule has 112 valence electrons. The Balaban J connectivity index is 1.81. The molecule has 0 saturated heterocycles. The van der Waals surface area contributed by atoms with E-state index >= 15 is 0 Å². The molecule has 1 amide bonds. The lowest BCUT2D eigenvalue weighted by Gasteiger charge is -2.16. The predicted octanol–water partition coefficient (Wildman–Crippen LogP) is 2.97. The molecule has 2 rings (SSSR count). The quantitative estimate of drug-likeness (QED) is 0.758. The highest BCUT2D eigenvalue weighted by Gasteiger charge is 2.18. The molecule has 4 nitrogen and oxygen atoms in total. The first-order valence-electron chi connectivity index (χ1n) is 7.59. The van der Waals surface area contributed by atoms with Gasteiger partial charge in [-0.15, -0.1) is 0 Å². The minimum atomic E-state index is -0.0376. The number of carbonyl (C=O) groups is 1. The van der Waals surface area contributed by atoms with Crippen LogP contribution < -0.4 is 5.32 Å². The Morgan fingerprint density at radius 2 is 2.14 bits per heavy atom. The Hall–Kier alpha value is -2.10. The molecule has 21 heavy (non-hydrogen) atoms. The van der Waals surface area contributed by atoms with E-state index in [1.165, 1.54) is 0 Å². The number of amides is 1. The summed E-state index contributed by atoms with van der Waals surface area (Å²) in [6.07, 6.45) is 8.30. The molecule has 0 aliphatic rings. The summed E-state index contributed by atoms with van der Waals surface area (Å²) in [4.78, 5) is 16.4. The molecule has 0 aliphatic heterocycles. The molecule has 4 heteroatoms. The van der Waals surface area contributed by atoms with Crippen LogP contribution in [-0.2, 0) is 11.3 Å². The van der Waals surface area contributed by atoms with Gasteiger partial charge in [0, 0.05) is 25.5 Å². The summed E-state index contributed by atoms with van der Waals surface area (Å²) in [5, 5.41) is 3.06. The number of nitrogens with one attached hydrogen (secondary N) is 1. The van der Waals surface area contributed by atoms with E-state index in [0.717, 1.165) is 31.4 Å². The number of benzene rings is 1. The van der Waals surface area contributed by atoms with Gasteiger partial charge in [-0.3, -0.25) is 4.79 Å². The topological polar surface area (TPSA) is 46.9 Å². The summed E-state index contributed by atoms with van der Waals surface area (Å²) in [6.45, 7) is 3.69. The second-order valence-electron chi connectivity index (χ2n) is 5.20. The maximum atomic E-state index is 12.4. The lowest BCUT2D eigenvalue weighted by atomic mass is 9.93. The van der Waals surface area contributed by atoms with Gasteiger partial charge in [-0.2, -0.15) is 0 Å². The fourth-order valence-electron chi connectivity index (χ4n) is 2.44. The van der Waals surface area contributed by atoms with Crippen LogP contribution in [0.1, 0.15) is 37.7 Å². The van der Waals surface area contributed by atoms with Gasteiger partial charge < -0.3 is 9.88 Å². The monoisotopic (exact) mass is 285 g/mol. The number of hydrogen-bond donors (Lipinski definition) is 1. The largest absolute Gasteiger partial charge is 0.356 e. The summed E-state index contributed by atoms with van der Waals surface area (Å²) in [7, 11) is 0. The van der Waals surface area contributed by atoms with Crippen molar-refractivity contribution in [3.8, 4) is 0 Å². The Morgan fingerprint density at radius 3 is 2.81 bits per heavy atom. The van der Waals surface area contributed by atoms with Gasteiger partial charge in [0.25, 0.3) is 0 Å². The number of hydrogen-bond acceptors (Lipinski definition) is 2. The Bertz CT molecular complexity index is 522. The van der Waals surface area contributed by atoms with Crippen molar-refractivity contribution >= 4 is 5.91 Å². The van der Waals surface area contributed by atoms with Crippen molar-refractivity contribution in [2.75, 3.05) is 6.54 Å². The first kappa shape index (κ1) is 15.3. The summed E-state index contributed by atoms with van der Waals surface area (Å²) in [6, 6.07) is 10.0. The van der Waals surface area contributed by atoms with Crippen molar-refractivity contribution in [2.24, 2.45) is 0 Å². The van der Waals surface area contributed by atoms with Crippen molar-refractivity contribution in [1.82, 2.24) is 14.9 Å². The summed E-state index contributed by atoms with van der Waals surface area (Å²) in [5.74, 6) is 0.0955. The van der Waals surface area contributed by atoms with Crippen molar-refractivity contribution < 1.29 is 4.79 Å². The third-order valence-corrected chi connectivity index (χ3v) is 3.55. The van der Waals surface area contributed by atoms with E-state index in [1.54, 1.807) is 12.5 Å². The summed E-state index contributed by atoms with van der Waals surface area (Å²) in [5.41, 5.74) is 1.10. The van der Waals surface area contributed by atoms with Gasteiger partial charge >= 0.3 is 0 Å². The zero-order valence-electron chi connectivity index (χ0n) is 12.5. The minimum Gasteiger partial charge on any atom is -0.356 e. The van der Waals surface area contributed by atoms with Crippen LogP contribution in [0.25, 0.3) is 0 Å². The van der Waals surface area contributed by atoms with Gasteiger partial charge in [-0.05, 0) is 18.4 Å². The summed E-state index contributed by atoms with van der Waals surface area (Å²) >= 11 is 0. The van der Waals surface area contributed by atoms with Crippen LogP contribution in [0, 0.1) is 0 Å². The van der Waals surface area contributed by atoms with E-state index in [2.05, 4.69) is 17.2 Å². The smallest absolute Gasteiger partial charge is 0.227 e. The fourth-order valence-corrected chi connectivity index (χ4v) is 2.44. The van der Waals surface area contributed by atoms with Crippen molar-refractivity contribution in [3.63, 3.8) is 0 Å². The molecule has 0 radical (unpaired) electrons. The zero-order valence-corrected chi connectivity index (χ0v) is 12.5. The first-order valence-corrected chi connectivity index (χ1v) is 7.59. The number of nitrogens with zero attached hydrogens (tertiary/aromatic N) is 2. The van der Waals surface area contributed by atoms with E-state index in [9.17, 15) is 4.79 Å². The maximum absolute atomic E-state index is 12.4. The SMILES string of the molecule is CCC[C@H](C(=O)NCCCn1ccnc1)c1ccccc1. The van der Waals surface area contributed by atoms with Crippen LogP contribution >= 0.6 is 0 Å². The molecular weight excluding hydrogens is 262 g/mol. The van der Waals surface area contributed by atoms with Crippen molar-refractivity contribution in [1.29, 1.82) is 0 Å². The highest BCUT2D eigenvalue weighted by molar-refractivity contribution is 5.83. The van der Waals surface area contributed by atoms with Gasteiger partial charge in [0.05, 0.1) is 12.2 Å². The average molecular weight is 285 g/mol. The molecule has 0 unspecified atom stereocenters. The van der Waals surface area contributed by atoms with Crippen molar-refractivity contribution in [2.45, 2.75) is 38.6 Å². The van der Waals surface area contributed by atoms with Crippen LogP contribution in [0.2, 0.25) is 0 Å². The van der Waals surface area contributed by atoms with Crippen LogP contribution in [0.15, 0.2) is 49.1 Å². The molecule has 1 aromatic carbocycles. The highest BCUT2D eigenvalue weighted by Crippen LogP contribution is 2.21. The highest BCUT2D eigenvalue weighted by atomic mass is 16.1. The first-order chi connectivity index (χ1) is 10.3. The lowest BCUT2D eigenvalue weighted by Crippen LogP contribution is -2.30. The van der Waals surface area contributed by atoms with Crippen LogP contribution in [-0.4, -0.2) is 22.0 Å². The third-order valence-electron chi connectivity index (χ3n) is 3.55. The standard InChI is InChI=1S/C17H23N3O/c1-2-7-16(15-8-4-3-5-9-15)17(21)19-10-6-12-20-13-11-18-14-20/h3-5,8-9,11,13-14,16H,2,6-7,10,12H2,1H3,(H,19,21)/t16-/m0/s1. The predicted molar refractivity (Wildman–Crippen MR) is 83.9 cm³/mol. The van der Waals surface area contributed by atoms with Gasteiger partial charge in [0.1, 0.15) is 0 Å². The second-order valence-corrected chi connectivity index (χ2v) is 5.20. The molecule has 1 atom stereocenters. The van der Waals surface area contributed by atoms with Crippen LogP contribution in [0.5, 0.6) is 0 Å². The molecule has 0 bridgehead atoms. The van der Waals surface area contributed by atoms with Crippen LogP contribution in [0.4, 0.5) is 0 Å². The van der Waals surface area contributed by atoms with Gasteiger partial charge in [0.15, 0.2) is 0 Å². The number of carbonyl (C=O) groups excluding carboxylic acids is 1. The van der Waals surface area contributed by atoms with E-state index in [4.69, 9.17) is 0 Å². The van der Waals surface area contributed by atoms with E-state index in [0.29, 0.717) is 6.54 Å². The maximum Gasteiger partial charge on any atom is 0.227 e. The Morgan fingerprint density at radius 1 is 1.33 bits per heavy atom. The molecular formula is C17H23N3O. The van der Waals surface area contributed by atoms with Gasteiger partial charge in [-0.1, -0.05) is 43.7 Å². The van der Waals surface area contributed by atoms with Gasteiger partial charge in [0.2, 0.25) is 5.91 Å². The second kappa shape index (κ2) is 8.25. The van der Waals surface area contributed by atoms with Crippen molar-refractivity contribution in [3.05, 3.63) is 54.6 Å². The van der Waals surface area contributed by atoms with E-state index < -0.39 is 0 Å². The number of imidazole rings is 1. The molecule has 0 saturated carbocycles. The minimum absolute atomic E-state index is 0.0376. The Kier molecular flexibility index (Phi) is 6.00. The van der Waals surface area contributed by atoms with E-state index in [1.807, 2.05) is 41.1 Å².